The fraction of sp³-hybridized carbons (Fsp3) is 1.00. The summed E-state index contributed by atoms with van der Waals surface area (Å²) in [6.07, 6.45) is 4.69. The van der Waals surface area contributed by atoms with E-state index in [-0.39, 0.29) is 26.9 Å². The molecule has 2 aliphatic rings. The first-order chi connectivity index (χ1) is 7.99. The number of alkyl halides is 5. The van der Waals surface area contributed by atoms with Gasteiger partial charge in [0.05, 0.1) is 5.38 Å². The van der Waals surface area contributed by atoms with Gasteiger partial charge in [0.2, 0.25) is 0 Å². The summed E-state index contributed by atoms with van der Waals surface area (Å²) in [6, 6.07) is 0. The first-order valence-electron chi connectivity index (χ1n) is 6.19. The van der Waals surface area contributed by atoms with E-state index >= 15 is 0 Å². The highest BCUT2D eigenvalue weighted by atomic mass is 35.5. The molecule has 5 unspecified atom stereocenters. The maximum Gasteiger partial charge on any atom is 0.0502 e. The predicted octanol–water partition coefficient (Wildman–Crippen LogP) is 5.23. The van der Waals surface area contributed by atoms with Gasteiger partial charge in [-0.3, -0.25) is 0 Å². The molecule has 0 aromatic carbocycles. The topological polar surface area (TPSA) is 0 Å². The maximum atomic E-state index is 6.44. The van der Waals surface area contributed by atoms with Crippen LogP contribution >= 0.6 is 58.0 Å². The Morgan fingerprint density at radius 1 is 0.588 bits per heavy atom. The number of hydrogen-bond donors (Lipinski definition) is 0. The van der Waals surface area contributed by atoms with Gasteiger partial charge in [0.15, 0.2) is 0 Å². The van der Waals surface area contributed by atoms with Crippen LogP contribution in [0.1, 0.15) is 32.1 Å². The van der Waals surface area contributed by atoms with Crippen molar-refractivity contribution in [2.24, 2.45) is 11.8 Å². The molecule has 0 aromatic rings. The number of halogens is 5. The molecule has 17 heavy (non-hydrogen) atoms. The predicted molar refractivity (Wildman–Crippen MR) is 78.3 cm³/mol. The highest BCUT2D eigenvalue weighted by molar-refractivity contribution is 6.30. The van der Waals surface area contributed by atoms with Gasteiger partial charge < -0.3 is 0 Å². The molecule has 0 spiro atoms. The standard InChI is InChI=1S/C12H17Cl5/c13-7-4-10(16)12(11(17)5-7)6-1-2-8(14)9(15)3-6/h6-12H,1-5H2. The minimum absolute atomic E-state index is 0.0527. The van der Waals surface area contributed by atoms with Crippen LogP contribution in [0.2, 0.25) is 0 Å². The monoisotopic (exact) mass is 336 g/mol. The van der Waals surface area contributed by atoms with Gasteiger partial charge in [-0.15, -0.1) is 58.0 Å². The SMILES string of the molecule is ClC1CC(Cl)C(C2CCC(Cl)C(Cl)C2)C(Cl)C1. The third-order valence-corrected chi connectivity index (χ3v) is 6.50. The van der Waals surface area contributed by atoms with E-state index in [1.165, 1.54) is 0 Å². The van der Waals surface area contributed by atoms with Crippen LogP contribution in [0.15, 0.2) is 0 Å². The number of rotatable bonds is 1. The minimum Gasteiger partial charge on any atom is -0.123 e. The zero-order valence-corrected chi connectivity index (χ0v) is 13.2. The van der Waals surface area contributed by atoms with Crippen LogP contribution < -0.4 is 0 Å². The van der Waals surface area contributed by atoms with Gasteiger partial charge in [-0.2, -0.15) is 0 Å². The van der Waals surface area contributed by atoms with E-state index in [0.717, 1.165) is 32.1 Å². The van der Waals surface area contributed by atoms with Crippen LogP contribution in [0.25, 0.3) is 0 Å². The largest absolute Gasteiger partial charge is 0.123 e. The highest BCUT2D eigenvalue weighted by Crippen LogP contribution is 2.45. The van der Waals surface area contributed by atoms with Gasteiger partial charge in [-0.05, 0) is 43.9 Å². The zero-order valence-electron chi connectivity index (χ0n) is 9.47. The maximum absolute atomic E-state index is 6.44. The Kier molecular flexibility index (Phi) is 5.47. The average molecular weight is 339 g/mol. The second-order valence-corrected chi connectivity index (χ2v) is 8.14. The third kappa shape index (κ3) is 3.51. The average Bonchev–Trinajstić information content (AvgIpc) is 2.21. The summed E-state index contributed by atoms with van der Waals surface area (Å²) >= 11 is 31.4. The molecule has 2 fully saturated rings. The van der Waals surface area contributed by atoms with Crippen molar-refractivity contribution in [3.05, 3.63) is 0 Å². The van der Waals surface area contributed by atoms with Gasteiger partial charge in [0.1, 0.15) is 0 Å². The highest BCUT2D eigenvalue weighted by Gasteiger charge is 2.42. The summed E-state index contributed by atoms with van der Waals surface area (Å²) in [5.74, 6) is 0.834. The van der Waals surface area contributed by atoms with Crippen molar-refractivity contribution in [1.29, 1.82) is 0 Å². The molecule has 0 heterocycles. The molecule has 0 bridgehead atoms. The van der Waals surface area contributed by atoms with Crippen LogP contribution in [0.4, 0.5) is 0 Å². The van der Waals surface area contributed by atoms with Gasteiger partial charge in [0, 0.05) is 21.5 Å². The van der Waals surface area contributed by atoms with E-state index < -0.39 is 0 Å². The van der Waals surface area contributed by atoms with Crippen molar-refractivity contribution in [3.63, 3.8) is 0 Å². The van der Waals surface area contributed by atoms with E-state index in [0.29, 0.717) is 11.8 Å². The zero-order chi connectivity index (χ0) is 12.6. The van der Waals surface area contributed by atoms with Crippen molar-refractivity contribution in [3.8, 4) is 0 Å². The first kappa shape index (κ1) is 14.9. The van der Waals surface area contributed by atoms with Crippen molar-refractivity contribution in [2.75, 3.05) is 0 Å². The van der Waals surface area contributed by atoms with Crippen LogP contribution in [0.5, 0.6) is 0 Å². The van der Waals surface area contributed by atoms with Crippen LogP contribution in [0.3, 0.4) is 0 Å². The molecule has 2 aliphatic carbocycles. The second-order valence-electron chi connectivity index (χ2n) is 5.28. The Balaban J connectivity index is 2.01. The quantitative estimate of drug-likeness (QED) is 0.574. The van der Waals surface area contributed by atoms with E-state index in [4.69, 9.17) is 58.0 Å². The molecule has 2 saturated carbocycles. The van der Waals surface area contributed by atoms with Gasteiger partial charge >= 0.3 is 0 Å². The van der Waals surface area contributed by atoms with Crippen molar-refractivity contribution in [2.45, 2.75) is 59.0 Å². The fourth-order valence-electron chi connectivity index (χ4n) is 3.17. The summed E-state index contributed by atoms with van der Waals surface area (Å²) in [5.41, 5.74) is 0. The molecule has 0 radical (unpaired) electrons. The van der Waals surface area contributed by atoms with Gasteiger partial charge in [0.25, 0.3) is 0 Å². The van der Waals surface area contributed by atoms with Crippen molar-refractivity contribution in [1.82, 2.24) is 0 Å². The molecule has 0 N–H and O–H groups in total. The molecule has 100 valence electrons. The smallest absolute Gasteiger partial charge is 0.0502 e. The molecule has 5 heteroatoms. The minimum atomic E-state index is 0.0527. The van der Waals surface area contributed by atoms with E-state index in [2.05, 4.69) is 0 Å². The molecule has 0 amide bonds. The summed E-state index contributed by atoms with van der Waals surface area (Å²) in [7, 11) is 0. The lowest BCUT2D eigenvalue weighted by atomic mass is 9.72. The third-order valence-electron chi connectivity index (χ3n) is 4.08. The van der Waals surface area contributed by atoms with Crippen LogP contribution in [-0.4, -0.2) is 26.9 Å². The van der Waals surface area contributed by atoms with Crippen molar-refractivity contribution < 1.29 is 0 Å². The first-order valence-corrected chi connectivity index (χ1v) is 8.37. The van der Waals surface area contributed by atoms with Crippen molar-refractivity contribution >= 4 is 58.0 Å². The Bertz CT molecular complexity index is 247. The Morgan fingerprint density at radius 3 is 1.71 bits per heavy atom. The number of hydrogen-bond acceptors (Lipinski definition) is 0. The molecule has 5 atom stereocenters. The van der Waals surface area contributed by atoms with E-state index in [1.807, 2.05) is 0 Å². The fourth-order valence-corrected chi connectivity index (χ4v) is 5.59. The molecule has 0 aliphatic heterocycles. The summed E-state index contributed by atoms with van der Waals surface area (Å²) in [5, 5.41) is 0.424. The Hall–Kier alpha value is 1.45. The summed E-state index contributed by atoms with van der Waals surface area (Å²) < 4.78 is 0. The molecule has 2 rings (SSSR count). The second kappa shape index (κ2) is 6.27. The molecule has 0 nitrogen and oxygen atoms in total. The normalized spacial score (nSPS) is 52.4. The Labute approximate surface area is 128 Å². The molecule has 0 saturated heterocycles. The van der Waals surface area contributed by atoms with Crippen LogP contribution in [-0.2, 0) is 0 Å². The lowest BCUT2D eigenvalue weighted by Gasteiger charge is -2.42. The molecular weight excluding hydrogens is 321 g/mol. The van der Waals surface area contributed by atoms with E-state index in [9.17, 15) is 0 Å². The lowest BCUT2D eigenvalue weighted by molar-refractivity contribution is 0.209. The molecule has 0 aromatic heterocycles. The molecular formula is C12H17Cl5. The van der Waals surface area contributed by atoms with Gasteiger partial charge in [-0.25, -0.2) is 0 Å². The summed E-state index contributed by atoms with van der Waals surface area (Å²) in [6.45, 7) is 0. The van der Waals surface area contributed by atoms with Crippen LogP contribution in [0, 0.1) is 11.8 Å². The van der Waals surface area contributed by atoms with Gasteiger partial charge in [-0.1, -0.05) is 0 Å². The lowest BCUT2D eigenvalue weighted by Crippen LogP contribution is -2.42. The Morgan fingerprint density at radius 2 is 1.18 bits per heavy atom. The summed E-state index contributed by atoms with van der Waals surface area (Å²) in [4.78, 5) is 0. The van der Waals surface area contributed by atoms with E-state index in [1.54, 1.807) is 0 Å².